The molecule has 1 aliphatic heterocycles. The van der Waals surface area contributed by atoms with Crippen LogP contribution in [-0.4, -0.2) is 39.9 Å². The molecule has 152 valence electrons. The number of fused-ring (bicyclic) bond motifs is 1. The Morgan fingerprint density at radius 2 is 1.83 bits per heavy atom. The van der Waals surface area contributed by atoms with Crippen LogP contribution in [0.25, 0.3) is 11.3 Å². The van der Waals surface area contributed by atoms with Gasteiger partial charge in [0.15, 0.2) is 0 Å². The number of nitrogens with one attached hydrogen (secondary N) is 1. The van der Waals surface area contributed by atoms with Crippen molar-refractivity contribution < 1.29 is 4.79 Å². The number of pyridine rings is 2. The van der Waals surface area contributed by atoms with E-state index in [-0.39, 0.29) is 5.91 Å². The Morgan fingerprint density at radius 1 is 0.967 bits per heavy atom. The number of anilines is 1. The second kappa shape index (κ2) is 8.36. The number of hydrogen-bond acceptors (Lipinski definition) is 4. The summed E-state index contributed by atoms with van der Waals surface area (Å²) in [6.45, 7) is 2.27. The molecule has 5 heteroatoms. The van der Waals surface area contributed by atoms with Crippen LogP contribution in [-0.2, 0) is 12.8 Å². The average molecular weight is 399 g/mol. The van der Waals surface area contributed by atoms with Crippen molar-refractivity contribution in [1.82, 2.24) is 14.9 Å². The normalized spacial score (nSPS) is 16.9. The van der Waals surface area contributed by atoms with Gasteiger partial charge in [-0.15, -0.1) is 0 Å². The molecule has 0 radical (unpaired) electrons. The Hall–Kier alpha value is -3.05. The monoisotopic (exact) mass is 398 g/mol. The molecule has 1 aromatic carbocycles. The minimum absolute atomic E-state index is 0.188. The minimum Gasteiger partial charge on any atom is -0.321 e. The summed E-state index contributed by atoms with van der Waals surface area (Å²) in [5.41, 5.74) is 5.75. The molecule has 3 aromatic rings. The van der Waals surface area contributed by atoms with Gasteiger partial charge < -0.3 is 5.32 Å². The van der Waals surface area contributed by atoms with Gasteiger partial charge in [-0.25, -0.2) is 0 Å². The van der Waals surface area contributed by atoms with Crippen LogP contribution in [0.4, 0.5) is 5.69 Å². The summed E-state index contributed by atoms with van der Waals surface area (Å²) >= 11 is 0. The minimum atomic E-state index is -0.188. The lowest BCUT2D eigenvalue weighted by Gasteiger charge is -2.36. The summed E-state index contributed by atoms with van der Waals surface area (Å²) in [4.78, 5) is 24.0. The number of nitrogens with zero attached hydrogens (tertiary/aromatic N) is 3. The molecule has 1 saturated carbocycles. The first kappa shape index (κ1) is 18.9. The van der Waals surface area contributed by atoms with E-state index in [4.69, 9.17) is 0 Å². The number of aromatic nitrogens is 2. The van der Waals surface area contributed by atoms with E-state index >= 15 is 0 Å². The maximum atomic E-state index is 12.7. The lowest BCUT2D eigenvalue weighted by atomic mass is 9.91. The van der Waals surface area contributed by atoms with E-state index in [1.165, 1.54) is 30.4 Å². The van der Waals surface area contributed by atoms with Crippen molar-refractivity contribution in [3.63, 3.8) is 0 Å². The Bertz CT molecular complexity index is 1030. The van der Waals surface area contributed by atoms with Gasteiger partial charge in [0.25, 0.3) is 5.91 Å². The largest absolute Gasteiger partial charge is 0.321 e. The Kier molecular flexibility index (Phi) is 5.28. The number of carbonyl (C=O) groups is 1. The topological polar surface area (TPSA) is 58.1 Å². The third kappa shape index (κ3) is 3.98. The molecule has 0 atom stereocenters. The van der Waals surface area contributed by atoms with Gasteiger partial charge in [-0.2, -0.15) is 0 Å². The van der Waals surface area contributed by atoms with Crippen molar-refractivity contribution in [3.8, 4) is 11.3 Å². The average Bonchev–Trinajstić information content (AvgIpc) is 2.96. The fraction of sp³-hybridized carbons (Fsp3) is 0.320. The number of amides is 1. The van der Waals surface area contributed by atoms with Crippen molar-refractivity contribution >= 4 is 11.6 Å². The smallest absolute Gasteiger partial charge is 0.274 e. The molecule has 1 N–H and O–H groups in total. The molecular weight excluding hydrogens is 372 g/mol. The standard InChI is InChI=1S/C25H26N4O/c30-25(24-10-8-20(17-27-24)23-6-1-2-13-26-23)28-21-9-7-18-11-14-29(22-4-3-5-22)15-12-19(18)16-21/h1-2,6-10,13,16-17,22H,3-5,11-12,14-15H2,(H,28,30). The van der Waals surface area contributed by atoms with Gasteiger partial charge in [-0.05, 0) is 73.2 Å². The van der Waals surface area contributed by atoms with Crippen molar-refractivity contribution in [2.24, 2.45) is 0 Å². The van der Waals surface area contributed by atoms with Crippen molar-refractivity contribution in [3.05, 3.63) is 77.7 Å². The van der Waals surface area contributed by atoms with Gasteiger partial charge in [-0.3, -0.25) is 19.7 Å². The molecule has 5 rings (SSSR count). The highest BCUT2D eigenvalue weighted by Gasteiger charge is 2.26. The number of benzene rings is 1. The molecule has 0 spiro atoms. The van der Waals surface area contributed by atoms with Crippen LogP contribution in [0, 0.1) is 0 Å². The number of rotatable bonds is 4. The van der Waals surface area contributed by atoms with Gasteiger partial charge in [0.2, 0.25) is 0 Å². The lowest BCUT2D eigenvalue weighted by Crippen LogP contribution is -2.41. The highest BCUT2D eigenvalue weighted by molar-refractivity contribution is 6.03. The van der Waals surface area contributed by atoms with Crippen LogP contribution >= 0.6 is 0 Å². The Balaban J connectivity index is 1.26. The molecule has 3 heterocycles. The first-order valence-electron chi connectivity index (χ1n) is 10.8. The molecule has 2 aliphatic rings. The predicted molar refractivity (Wildman–Crippen MR) is 118 cm³/mol. The number of hydrogen-bond donors (Lipinski definition) is 1. The SMILES string of the molecule is O=C(Nc1ccc2c(c1)CCN(C1CCC1)CC2)c1ccc(-c2ccccn2)cn1. The zero-order valence-corrected chi connectivity index (χ0v) is 17.1. The van der Waals surface area contributed by atoms with Gasteiger partial charge in [0, 0.05) is 42.8 Å². The second-order valence-electron chi connectivity index (χ2n) is 8.21. The van der Waals surface area contributed by atoms with Gasteiger partial charge in [0.1, 0.15) is 5.69 Å². The Morgan fingerprint density at radius 3 is 2.53 bits per heavy atom. The molecule has 0 saturated heterocycles. The van der Waals surface area contributed by atoms with Gasteiger partial charge >= 0.3 is 0 Å². The molecule has 30 heavy (non-hydrogen) atoms. The van der Waals surface area contributed by atoms with Crippen LogP contribution in [0.5, 0.6) is 0 Å². The van der Waals surface area contributed by atoms with E-state index in [9.17, 15) is 4.79 Å². The van der Waals surface area contributed by atoms with Gasteiger partial charge in [-0.1, -0.05) is 18.6 Å². The molecule has 5 nitrogen and oxygen atoms in total. The fourth-order valence-electron chi connectivity index (χ4n) is 4.35. The van der Waals surface area contributed by atoms with E-state index in [1.807, 2.05) is 30.3 Å². The first-order chi connectivity index (χ1) is 14.8. The summed E-state index contributed by atoms with van der Waals surface area (Å²) in [6.07, 6.45) is 9.67. The molecule has 1 amide bonds. The summed E-state index contributed by atoms with van der Waals surface area (Å²) in [5, 5.41) is 3.01. The van der Waals surface area contributed by atoms with Crippen molar-refractivity contribution in [2.75, 3.05) is 18.4 Å². The zero-order chi connectivity index (χ0) is 20.3. The lowest BCUT2D eigenvalue weighted by molar-refractivity contribution is 0.102. The van der Waals surface area contributed by atoms with Gasteiger partial charge in [0.05, 0.1) is 5.69 Å². The summed E-state index contributed by atoms with van der Waals surface area (Å²) in [5.74, 6) is -0.188. The van der Waals surface area contributed by atoms with Crippen LogP contribution in [0.3, 0.4) is 0 Å². The molecule has 0 unspecified atom stereocenters. The number of carbonyl (C=O) groups excluding carboxylic acids is 1. The molecule has 1 aliphatic carbocycles. The maximum Gasteiger partial charge on any atom is 0.274 e. The Labute approximate surface area is 177 Å². The van der Waals surface area contributed by atoms with Crippen molar-refractivity contribution in [2.45, 2.75) is 38.1 Å². The zero-order valence-electron chi connectivity index (χ0n) is 17.1. The third-order valence-electron chi connectivity index (χ3n) is 6.35. The first-order valence-corrected chi connectivity index (χ1v) is 10.8. The van der Waals surface area contributed by atoms with E-state index in [2.05, 4.69) is 32.3 Å². The summed E-state index contributed by atoms with van der Waals surface area (Å²) in [6, 6.07) is 16.5. The van der Waals surface area contributed by atoms with Crippen molar-refractivity contribution in [1.29, 1.82) is 0 Å². The quantitative estimate of drug-likeness (QED) is 0.710. The van der Waals surface area contributed by atoms with Crippen LogP contribution in [0.1, 0.15) is 40.9 Å². The third-order valence-corrected chi connectivity index (χ3v) is 6.35. The van der Waals surface area contributed by atoms with E-state index in [0.29, 0.717) is 5.69 Å². The highest BCUT2D eigenvalue weighted by atomic mass is 16.1. The van der Waals surface area contributed by atoms with E-state index < -0.39 is 0 Å². The van der Waals surface area contributed by atoms with E-state index in [1.54, 1.807) is 18.5 Å². The maximum absolute atomic E-state index is 12.7. The predicted octanol–water partition coefficient (Wildman–Crippen LogP) is 4.35. The van der Waals surface area contributed by atoms with Crippen LogP contribution in [0.2, 0.25) is 0 Å². The summed E-state index contributed by atoms with van der Waals surface area (Å²) in [7, 11) is 0. The molecule has 1 fully saturated rings. The summed E-state index contributed by atoms with van der Waals surface area (Å²) < 4.78 is 0. The second-order valence-corrected chi connectivity index (χ2v) is 8.21. The van der Waals surface area contributed by atoms with E-state index in [0.717, 1.165) is 48.9 Å². The van der Waals surface area contributed by atoms with Crippen LogP contribution in [0.15, 0.2) is 60.9 Å². The molecule has 2 aromatic heterocycles. The fourth-order valence-corrected chi connectivity index (χ4v) is 4.35. The molecular formula is C25H26N4O. The molecule has 0 bridgehead atoms. The highest BCUT2D eigenvalue weighted by Crippen LogP contribution is 2.28. The van der Waals surface area contributed by atoms with Crippen LogP contribution < -0.4 is 5.32 Å².